The van der Waals surface area contributed by atoms with Crippen molar-refractivity contribution in [1.29, 1.82) is 0 Å². The first-order valence-corrected chi connectivity index (χ1v) is 7.71. The van der Waals surface area contributed by atoms with Crippen LogP contribution in [0.4, 0.5) is 10.5 Å². The number of thioether (sulfide) groups is 1. The van der Waals surface area contributed by atoms with Gasteiger partial charge in [-0.15, -0.1) is 0 Å². The Bertz CT molecular complexity index is 511. The van der Waals surface area contributed by atoms with Gasteiger partial charge in [-0.05, 0) is 42.9 Å². The van der Waals surface area contributed by atoms with Crippen LogP contribution in [0, 0.1) is 6.92 Å². The molecule has 1 heterocycles. The highest BCUT2D eigenvalue weighted by Crippen LogP contribution is 2.18. The zero-order valence-electron chi connectivity index (χ0n) is 11.4. The quantitative estimate of drug-likeness (QED) is 0.880. The van der Waals surface area contributed by atoms with Crippen LogP contribution in [-0.4, -0.2) is 46.6 Å². The summed E-state index contributed by atoms with van der Waals surface area (Å²) >= 11 is 1.86. The lowest BCUT2D eigenvalue weighted by Gasteiger charge is -2.21. The smallest absolute Gasteiger partial charge is 0.335 e. The van der Waals surface area contributed by atoms with E-state index in [0.717, 1.165) is 36.6 Å². The van der Waals surface area contributed by atoms with Crippen LogP contribution in [0.25, 0.3) is 0 Å². The standard InChI is InChI=1S/C14H18N2O3S/c1-10-9-11(13(17)18)3-4-12(10)15-14(19)16-5-2-7-20-8-6-16/h3-4,9H,2,5-8H2,1H3,(H,15,19)(H,17,18). The van der Waals surface area contributed by atoms with Gasteiger partial charge in [0.15, 0.2) is 0 Å². The summed E-state index contributed by atoms with van der Waals surface area (Å²) in [6.45, 7) is 3.31. The Morgan fingerprint density at radius 3 is 2.80 bits per heavy atom. The molecule has 0 aliphatic carbocycles. The molecule has 1 saturated heterocycles. The van der Waals surface area contributed by atoms with Crippen molar-refractivity contribution in [2.24, 2.45) is 0 Å². The van der Waals surface area contributed by atoms with E-state index in [1.807, 2.05) is 16.7 Å². The van der Waals surface area contributed by atoms with E-state index in [1.165, 1.54) is 6.07 Å². The molecule has 0 saturated carbocycles. The van der Waals surface area contributed by atoms with E-state index in [4.69, 9.17) is 5.11 Å². The normalized spacial score (nSPS) is 15.6. The third kappa shape index (κ3) is 3.66. The SMILES string of the molecule is Cc1cc(C(=O)O)ccc1NC(=O)N1CCCSCC1. The maximum absolute atomic E-state index is 12.2. The number of urea groups is 1. The zero-order valence-corrected chi connectivity index (χ0v) is 12.2. The lowest BCUT2D eigenvalue weighted by atomic mass is 10.1. The molecule has 5 nitrogen and oxygen atoms in total. The summed E-state index contributed by atoms with van der Waals surface area (Å²) in [7, 11) is 0. The predicted molar refractivity (Wildman–Crippen MR) is 80.7 cm³/mol. The summed E-state index contributed by atoms with van der Waals surface area (Å²) in [5.41, 5.74) is 1.64. The molecule has 2 amide bonds. The number of amides is 2. The van der Waals surface area contributed by atoms with Crippen molar-refractivity contribution in [3.63, 3.8) is 0 Å². The number of hydrogen-bond donors (Lipinski definition) is 2. The first-order valence-electron chi connectivity index (χ1n) is 6.55. The summed E-state index contributed by atoms with van der Waals surface area (Å²) in [6, 6.07) is 4.60. The molecule has 1 aliphatic heterocycles. The number of carbonyl (C=O) groups excluding carboxylic acids is 1. The molecule has 20 heavy (non-hydrogen) atoms. The number of nitrogens with one attached hydrogen (secondary N) is 1. The van der Waals surface area contributed by atoms with Crippen molar-refractivity contribution in [2.45, 2.75) is 13.3 Å². The largest absolute Gasteiger partial charge is 0.478 e. The van der Waals surface area contributed by atoms with Crippen molar-refractivity contribution in [2.75, 3.05) is 29.9 Å². The Kier molecular flexibility index (Phi) is 4.89. The minimum atomic E-state index is -0.962. The van der Waals surface area contributed by atoms with E-state index in [-0.39, 0.29) is 11.6 Å². The third-order valence-electron chi connectivity index (χ3n) is 3.22. The molecule has 1 aliphatic rings. The Morgan fingerprint density at radius 2 is 2.10 bits per heavy atom. The number of benzene rings is 1. The molecule has 6 heteroatoms. The molecule has 2 N–H and O–H groups in total. The van der Waals surface area contributed by atoms with Crippen LogP contribution in [0.3, 0.4) is 0 Å². The van der Waals surface area contributed by atoms with Crippen LogP contribution in [0.5, 0.6) is 0 Å². The summed E-state index contributed by atoms with van der Waals surface area (Å²) in [6.07, 6.45) is 1.01. The Morgan fingerprint density at radius 1 is 1.30 bits per heavy atom. The zero-order chi connectivity index (χ0) is 14.5. The van der Waals surface area contributed by atoms with Crippen LogP contribution >= 0.6 is 11.8 Å². The van der Waals surface area contributed by atoms with Gasteiger partial charge >= 0.3 is 12.0 Å². The fourth-order valence-corrected chi connectivity index (χ4v) is 2.97. The van der Waals surface area contributed by atoms with E-state index in [2.05, 4.69) is 5.32 Å². The van der Waals surface area contributed by atoms with Gasteiger partial charge < -0.3 is 15.3 Å². The molecule has 0 radical (unpaired) electrons. The number of nitrogens with zero attached hydrogens (tertiary/aromatic N) is 1. The van der Waals surface area contributed by atoms with Crippen molar-refractivity contribution >= 4 is 29.4 Å². The number of carboxylic acid groups (broad SMARTS) is 1. The van der Waals surface area contributed by atoms with E-state index in [1.54, 1.807) is 19.1 Å². The maximum atomic E-state index is 12.2. The number of aryl methyl sites for hydroxylation is 1. The summed E-state index contributed by atoms with van der Waals surface area (Å²) in [4.78, 5) is 24.9. The number of hydrogen-bond acceptors (Lipinski definition) is 3. The van der Waals surface area contributed by atoms with Gasteiger partial charge in [0.05, 0.1) is 5.56 Å². The van der Waals surface area contributed by atoms with Crippen LogP contribution in [0.2, 0.25) is 0 Å². The third-order valence-corrected chi connectivity index (χ3v) is 4.27. The topological polar surface area (TPSA) is 69.6 Å². The van der Waals surface area contributed by atoms with Crippen LogP contribution in [-0.2, 0) is 0 Å². The fourth-order valence-electron chi connectivity index (χ4n) is 2.08. The number of rotatable bonds is 2. The number of aromatic carboxylic acids is 1. The van der Waals surface area contributed by atoms with Crippen molar-refractivity contribution in [1.82, 2.24) is 4.90 Å². The summed E-state index contributed by atoms with van der Waals surface area (Å²) in [5, 5.41) is 11.8. The molecule has 0 aromatic heterocycles. The second-order valence-corrected chi connectivity index (χ2v) is 5.94. The van der Waals surface area contributed by atoms with Crippen LogP contribution in [0.15, 0.2) is 18.2 Å². The Hall–Kier alpha value is -1.69. The number of carbonyl (C=O) groups is 2. The molecule has 0 bridgehead atoms. The van der Waals surface area contributed by atoms with Gasteiger partial charge in [-0.2, -0.15) is 11.8 Å². The first kappa shape index (κ1) is 14.7. The molecular formula is C14H18N2O3S. The second-order valence-electron chi connectivity index (χ2n) is 4.72. The van der Waals surface area contributed by atoms with Gasteiger partial charge in [0.2, 0.25) is 0 Å². The van der Waals surface area contributed by atoms with Crippen LogP contribution in [0.1, 0.15) is 22.3 Å². The van der Waals surface area contributed by atoms with Gasteiger partial charge in [0.25, 0.3) is 0 Å². The predicted octanol–water partition coefficient (Wildman–Crippen LogP) is 2.66. The number of anilines is 1. The summed E-state index contributed by atoms with van der Waals surface area (Å²) < 4.78 is 0. The molecule has 0 atom stereocenters. The van der Waals surface area contributed by atoms with E-state index >= 15 is 0 Å². The lowest BCUT2D eigenvalue weighted by molar-refractivity contribution is 0.0697. The van der Waals surface area contributed by atoms with E-state index in [0.29, 0.717) is 5.69 Å². The van der Waals surface area contributed by atoms with Crippen molar-refractivity contribution < 1.29 is 14.7 Å². The average molecular weight is 294 g/mol. The minimum absolute atomic E-state index is 0.112. The van der Waals surface area contributed by atoms with Gasteiger partial charge in [-0.1, -0.05) is 0 Å². The maximum Gasteiger partial charge on any atom is 0.335 e. The van der Waals surface area contributed by atoms with E-state index < -0.39 is 5.97 Å². The highest BCUT2D eigenvalue weighted by molar-refractivity contribution is 7.99. The van der Waals surface area contributed by atoms with Crippen molar-refractivity contribution in [3.8, 4) is 0 Å². The molecule has 1 aromatic carbocycles. The highest BCUT2D eigenvalue weighted by atomic mass is 32.2. The van der Waals surface area contributed by atoms with Crippen molar-refractivity contribution in [3.05, 3.63) is 29.3 Å². The Labute approximate surface area is 122 Å². The molecular weight excluding hydrogens is 276 g/mol. The van der Waals surface area contributed by atoms with Crippen LogP contribution < -0.4 is 5.32 Å². The highest BCUT2D eigenvalue weighted by Gasteiger charge is 2.16. The fraction of sp³-hybridized carbons (Fsp3) is 0.429. The monoisotopic (exact) mass is 294 g/mol. The minimum Gasteiger partial charge on any atom is -0.478 e. The van der Waals surface area contributed by atoms with Gasteiger partial charge in [0.1, 0.15) is 0 Å². The average Bonchev–Trinajstić information content (AvgIpc) is 2.69. The van der Waals surface area contributed by atoms with Gasteiger partial charge in [-0.3, -0.25) is 0 Å². The van der Waals surface area contributed by atoms with Gasteiger partial charge in [0, 0.05) is 24.5 Å². The molecule has 2 rings (SSSR count). The second kappa shape index (κ2) is 6.65. The molecule has 1 fully saturated rings. The van der Waals surface area contributed by atoms with Gasteiger partial charge in [-0.25, -0.2) is 9.59 Å². The first-order chi connectivity index (χ1) is 9.58. The number of carboxylic acids is 1. The molecule has 108 valence electrons. The summed E-state index contributed by atoms with van der Waals surface area (Å²) in [5.74, 6) is 1.09. The Balaban J connectivity index is 2.05. The van der Waals surface area contributed by atoms with E-state index in [9.17, 15) is 9.59 Å². The molecule has 0 unspecified atom stereocenters. The molecule has 0 spiro atoms. The lowest BCUT2D eigenvalue weighted by Crippen LogP contribution is -2.36. The molecule has 1 aromatic rings.